The van der Waals surface area contributed by atoms with Crippen LogP contribution in [0.25, 0.3) is 16.9 Å². The highest BCUT2D eigenvalue weighted by atomic mass is 15.0. The first-order valence-corrected chi connectivity index (χ1v) is 12.6. The van der Waals surface area contributed by atoms with Gasteiger partial charge in [-0.25, -0.2) is 4.98 Å². The normalized spacial score (nSPS) is 16.7. The van der Waals surface area contributed by atoms with Gasteiger partial charge in [-0.3, -0.25) is 9.98 Å². The van der Waals surface area contributed by atoms with Gasteiger partial charge in [0.15, 0.2) is 0 Å². The molecule has 1 aliphatic heterocycles. The molecule has 4 rings (SSSR count). The maximum Gasteiger partial charge on any atom is 0.136 e. The minimum Gasteiger partial charge on any atom is -0.307 e. The number of nitrogens with one attached hydrogen (secondary N) is 1. The highest BCUT2D eigenvalue weighted by Crippen LogP contribution is 2.32. The fourth-order valence-electron chi connectivity index (χ4n) is 5.18. The number of aryl methyl sites for hydroxylation is 2. The number of pyridine rings is 2. The van der Waals surface area contributed by atoms with Gasteiger partial charge in [0, 0.05) is 34.7 Å². The van der Waals surface area contributed by atoms with Crippen molar-refractivity contribution >= 4 is 17.0 Å². The molecule has 0 saturated carbocycles. The molecule has 5 nitrogen and oxygen atoms in total. The molecule has 0 aliphatic carbocycles. The van der Waals surface area contributed by atoms with Gasteiger partial charge in [-0.05, 0) is 98.4 Å². The molecule has 0 aromatic carbocycles. The van der Waals surface area contributed by atoms with Crippen LogP contribution < -0.4 is 5.32 Å². The van der Waals surface area contributed by atoms with E-state index in [9.17, 15) is 0 Å². The highest BCUT2D eigenvalue weighted by molar-refractivity contribution is 5.82. The molecule has 0 radical (unpaired) electrons. The molecule has 3 aromatic rings. The summed E-state index contributed by atoms with van der Waals surface area (Å²) in [4.78, 5) is 13.6. The lowest BCUT2D eigenvalue weighted by Crippen LogP contribution is -2.57. The molecule has 0 unspecified atom stereocenters. The van der Waals surface area contributed by atoms with Crippen molar-refractivity contribution in [3.63, 3.8) is 0 Å². The zero-order valence-corrected chi connectivity index (χ0v) is 23.2. The van der Waals surface area contributed by atoms with E-state index in [4.69, 9.17) is 0 Å². The predicted molar refractivity (Wildman–Crippen MR) is 147 cm³/mol. The van der Waals surface area contributed by atoms with Crippen molar-refractivity contribution in [1.29, 1.82) is 0 Å². The molecule has 4 heterocycles. The molecule has 1 aliphatic rings. The molecular weight excluding hydrogens is 418 g/mol. The van der Waals surface area contributed by atoms with Crippen LogP contribution >= 0.6 is 0 Å². The quantitative estimate of drug-likeness (QED) is 0.396. The van der Waals surface area contributed by atoms with Crippen LogP contribution in [-0.2, 0) is 0 Å². The third-order valence-corrected chi connectivity index (χ3v) is 5.66. The molecule has 0 bridgehead atoms. The average molecular weight is 464 g/mol. The molecule has 34 heavy (non-hydrogen) atoms. The Hall–Kier alpha value is -2.53. The van der Waals surface area contributed by atoms with E-state index in [2.05, 4.69) is 67.2 Å². The van der Waals surface area contributed by atoms with Crippen LogP contribution in [-0.4, -0.2) is 31.2 Å². The van der Waals surface area contributed by atoms with Crippen LogP contribution in [0.3, 0.4) is 0 Å². The molecule has 1 saturated heterocycles. The van der Waals surface area contributed by atoms with Crippen molar-refractivity contribution in [3.8, 4) is 11.3 Å². The van der Waals surface area contributed by atoms with Crippen molar-refractivity contribution < 1.29 is 0 Å². The number of fused-ring (bicyclic) bond motifs is 1. The summed E-state index contributed by atoms with van der Waals surface area (Å²) in [5.74, 6) is 0.862. The van der Waals surface area contributed by atoms with Gasteiger partial charge in [0.1, 0.15) is 5.65 Å². The Morgan fingerprint density at radius 3 is 2.09 bits per heavy atom. The van der Waals surface area contributed by atoms with Crippen LogP contribution in [0.5, 0.6) is 0 Å². The minimum absolute atomic E-state index is 0.334. The summed E-state index contributed by atoms with van der Waals surface area (Å²) in [5, 5.41) is 3.66. The van der Waals surface area contributed by atoms with E-state index < -0.39 is 0 Å². The van der Waals surface area contributed by atoms with E-state index in [1.807, 2.05) is 70.3 Å². The second-order valence-corrected chi connectivity index (χ2v) is 10.8. The van der Waals surface area contributed by atoms with Crippen LogP contribution in [0.15, 0.2) is 41.7 Å². The summed E-state index contributed by atoms with van der Waals surface area (Å²) in [6.07, 6.45) is 6.68. The SMILES string of the molecule is CC.CC(C)=Nc1ccc(-c2ccc3nc(C)cn3c2)nc1C.CC1CC(C)(C)NC(C)(C)C1. The van der Waals surface area contributed by atoms with E-state index in [-0.39, 0.29) is 0 Å². The molecule has 1 fully saturated rings. The van der Waals surface area contributed by atoms with Gasteiger partial charge in [-0.1, -0.05) is 20.8 Å². The molecular formula is C29H45N5. The van der Waals surface area contributed by atoms with Gasteiger partial charge in [0.05, 0.1) is 22.8 Å². The largest absolute Gasteiger partial charge is 0.307 e. The molecule has 0 spiro atoms. The number of nitrogens with zero attached hydrogens (tertiary/aromatic N) is 4. The topological polar surface area (TPSA) is 54.6 Å². The fourth-order valence-corrected chi connectivity index (χ4v) is 5.18. The summed E-state index contributed by atoms with van der Waals surface area (Å²) < 4.78 is 2.03. The molecule has 186 valence electrons. The van der Waals surface area contributed by atoms with E-state index in [1.54, 1.807) is 0 Å². The standard InChI is InChI=1S/C17H18N4.C10H21N.C2H6/c1-11(2)18-15-6-7-16(20-13(15)4)14-5-8-17-19-12(3)9-21(17)10-14;1-8-6-9(2,3)11-10(4,5)7-8;1-2/h5-10H,1-4H3;8,11H,6-7H2,1-5H3;1-2H3. The Labute approximate surface area is 207 Å². The second kappa shape index (κ2) is 11.3. The number of hydrogen-bond acceptors (Lipinski definition) is 4. The smallest absolute Gasteiger partial charge is 0.136 e. The Kier molecular flexibility index (Phi) is 9.18. The van der Waals surface area contributed by atoms with E-state index in [0.29, 0.717) is 11.1 Å². The van der Waals surface area contributed by atoms with Crippen molar-refractivity contribution in [1.82, 2.24) is 19.7 Å². The maximum absolute atomic E-state index is 4.67. The molecule has 3 aromatic heterocycles. The Bertz CT molecular complexity index is 1100. The van der Waals surface area contributed by atoms with Gasteiger partial charge in [0.25, 0.3) is 0 Å². The van der Waals surface area contributed by atoms with Crippen LogP contribution in [0.1, 0.15) is 86.5 Å². The number of imidazole rings is 1. The zero-order chi connectivity index (χ0) is 25.7. The Morgan fingerprint density at radius 1 is 0.941 bits per heavy atom. The maximum atomic E-state index is 4.67. The fraction of sp³-hybridized carbons (Fsp3) is 0.552. The zero-order valence-electron chi connectivity index (χ0n) is 23.2. The summed E-state index contributed by atoms with van der Waals surface area (Å²) >= 11 is 0. The summed E-state index contributed by atoms with van der Waals surface area (Å²) in [6, 6.07) is 8.10. The Balaban J connectivity index is 0.000000266. The van der Waals surface area contributed by atoms with E-state index in [1.165, 1.54) is 12.8 Å². The van der Waals surface area contributed by atoms with Gasteiger partial charge < -0.3 is 9.72 Å². The van der Waals surface area contributed by atoms with Crippen LogP contribution in [0.2, 0.25) is 0 Å². The Morgan fingerprint density at radius 2 is 1.56 bits per heavy atom. The lowest BCUT2D eigenvalue weighted by atomic mass is 9.77. The first kappa shape index (κ1) is 27.7. The molecule has 0 atom stereocenters. The highest BCUT2D eigenvalue weighted by Gasteiger charge is 2.35. The number of piperidine rings is 1. The number of aromatic nitrogens is 3. The monoisotopic (exact) mass is 463 g/mol. The van der Waals surface area contributed by atoms with Gasteiger partial charge in [-0.2, -0.15) is 0 Å². The lowest BCUT2D eigenvalue weighted by molar-refractivity contribution is 0.138. The third kappa shape index (κ3) is 7.76. The van der Waals surface area contributed by atoms with Crippen LogP contribution in [0.4, 0.5) is 5.69 Å². The molecule has 5 heteroatoms. The van der Waals surface area contributed by atoms with Crippen molar-refractivity contribution in [2.75, 3.05) is 0 Å². The predicted octanol–water partition coefficient (Wildman–Crippen LogP) is 7.71. The minimum atomic E-state index is 0.334. The van der Waals surface area contributed by atoms with Gasteiger partial charge in [-0.15, -0.1) is 0 Å². The molecule has 0 amide bonds. The summed E-state index contributed by atoms with van der Waals surface area (Å²) in [6.45, 7) is 23.5. The summed E-state index contributed by atoms with van der Waals surface area (Å²) in [5.41, 5.74) is 7.56. The van der Waals surface area contributed by atoms with E-state index in [0.717, 1.165) is 45.6 Å². The van der Waals surface area contributed by atoms with Crippen molar-refractivity contribution in [3.05, 3.63) is 48.0 Å². The first-order chi connectivity index (χ1) is 15.8. The van der Waals surface area contributed by atoms with Crippen LogP contribution in [0, 0.1) is 19.8 Å². The van der Waals surface area contributed by atoms with Crippen molar-refractivity contribution in [2.45, 2.75) is 100 Å². The number of aliphatic imine (C=N–C) groups is 1. The molecule has 1 N–H and O–H groups in total. The van der Waals surface area contributed by atoms with E-state index >= 15 is 0 Å². The average Bonchev–Trinajstić information content (AvgIpc) is 3.07. The number of rotatable bonds is 2. The van der Waals surface area contributed by atoms with Gasteiger partial charge >= 0.3 is 0 Å². The second-order valence-electron chi connectivity index (χ2n) is 10.8. The van der Waals surface area contributed by atoms with Gasteiger partial charge in [0.2, 0.25) is 0 Å². The summed E-state index contributed by atoms with van der Waals surface area (Å²) in [7, 11) is 0. The number of hydrogen-bond donors (Lipinski definition) is 1. The first-order valence-electron chi connectivity index (χ1n) is 12.6. The van der Waals surface area contributed by atoms with Crippen molar-refractivity contribution in [2.24, 2.45) is 10.9 Å². The third-order valence-electron chi connectivity index (χ3n) is 5.66. The lowest BCUT2D eigenvalue weighted by Gasteiger charge is -2.45.